The van der Waals surface area contributed by atoms with Gasteiger partial charge in [-0.1, -0.05) is 40.2 Å². The molecule has 2 aromatic rings. The van der Waals surface area contributed by atoms with Crippen LogP contribution in [-0.2, 0) is 4.79 Å². The molecule has 0 fully saturated rings. The topological polar surface area (TPSA) is 29.1 Å². The van der Waals surface area contributed by atoms with Crippen LogP contribution in [0.15, 0.2) is 53.0 Å². The van der Waals surface area contributed by atoms with Crippen LogP contribution in [0.1, 0.15) is 5.56 Å². The average molecular weight is 338 g/mol. The van der Waals surface area contributed by atoms with E-state index in [0.29, 0.717) is 0 Å². The number of benzene rings is 2. The molecular weight excluding hydrogens is 328 g/mol. The number of hydrogen-bond donors (Lipinski definition) is 1. The summed E-state index contributed by atoms with van der Waals surface area (Å²) in [6, 6.07) is 10.7. The Kier molecular flexibility index (Phi) is 4.63. The van der Waals surface area contributed by atoms with Gasteiger partial charge in [-0.2, -0.15) is 0 Å². The quantitative estimate of drug-likeness (QED) is 0.827. The number of para-hydroxylation sites is 1. The molecule has 0 aromatic heterocycles. The van der Waals surface area contributed by atoms with Crippen molar-refractivity contribution in [1.29, 1.82) is 0 Å². The Bertz CT molecular complexity index is 650. The second kappa shape index (κ2) is 6.43. The molecule has 2 rings (SSSR count). The van der Waals surface area contributed by atoms with Crippen LogP contribution in [0, 0.1) is 11.6 Å². The minimum atomic E-state index is -0.812. The molecule has 0 radical (unpaired) electrons. The maximum absolute atomic E-state index is 13.4. The van der Waals surface area contributed by atoms with Gasteiger partial charge >= 0.3 is 0 Å². The first-order chi connectivity index (χ1) is 9.58. The highest BCUT2D eigenvalue weighted by Crippen LogP contribution is 2.19. The SMILES string of the molecule is O=C(/C=C/c1ccccc1Br)Nc1c(F)cccc1F. The number of hydrogen-bond acceptors (Lipinski definition) is 1. The third-order valence-electron chi connectivity index (χ3n) is 2.53. The highest BCUT2D eigenvalue weighted by Gasteiger charge is 2.09. The lowest BCUT2D eigenvalue weighted by atomic mass is 10.2. The van der Waals surface area contributed by atoms with Crippen molar-refractivity contribution in [3.63, 3.8) is 0 Å². The Labute approximate surface area is 123 Å². The minimum absolute atomic E-state index is 0.450. The number of amides is 1. The number of carbonyl (C=O) groups excluding carboxylic acids is 1. The lowest BCUT2D eigenvalue weighted by molar-refractivity contribution is -0.111. The maximum atomic E-state index is 13.4. The number of rotatable bonds is 3. The van der Waals surface area contributed by atoms with Crippen molar-refractivity contribution in [1.82, 2.24) is 0 Å². The number of nitrogens with one attached hydrogen (secondary N) is 1. The molecule has 0 spiro atoms. The lowest BCUT2D eigenvalue weighted by Gasteiger charge is -2.04. The molecule has 0 bridgehead atoms. The van der Waals surface area contributed by atoms with Crippen LogP contribution in [-0.4, -0.2) is 5.91 Å². The van der Waals surface area contributed by atoms with Crippen LogP contribution in [0.5, 0.6) is 0 Å². The first-order valence-corrected chi connectivity index (χ1v) is 6.55. The van der Waals surface area contributed by atoms with Crippen molar-refractivity contribution in [3.8, 4) is 0 Å². The molecule has 5 heteroatoms. The fourth-order valence-corrected chi connectivity index (χ4v) is 1.97. The van der Waals surface area contributed by atoms with Crippen molar-refractivity contribution in [2.75, 3.05) is 5.32 Å². The van der Waals surface area contributed by atoms with Crippen LogP contribution < -0.4 is 5.32 Å². The van der Waals surface area contributed by atoms with Gasteiger partial charge in [0.1, 0.15) is 17.3 Å². The summed E-state index contributed by atoms with van der Waals surface area (Å²) in [5.41, 5.74) is 0.339. The number of halogens is 3. The van der Waals surface area contributed by atoms with E-state index < -0.39 is 23.2 Å². The summed E-state index contributed by atoms with van der Waals surface area (Å²) < 4.78 is 27.5. The molecule has 1 amide bonds. The number of carbonyl (C=O) groups is 1. The molecular formula is C15H10BrF2NO. The second-order valence-electron chi connectivity index (χ2n) is 3.94. The van der Waals surface area contributed by atoms with Crippen LogP contribution in [0.2, 0.25) is 0 Å². The zero-order valence-corrected chi connectivity index (χ0v) is 11.8. The summed E-state index contributed by atoms with van der Waals surface area (Å²) in [5.74, 6) is -2.23. The molecule has 0 saturated carbocycles. The first-order valence-electron chi connectivity index (χ1n) is 5.75. The second-order valence-corrected chi connectivity index (χ2v) is 4.80. The summed E-state index contributed by atoms with van der Waals surface area (Å²) in [5, 5.41) is 2.18. The van der Waals surface area contributed by atoms with Crippen molar-refractivity contribution in [3.05, 3.63) is 70.2 Å². The molecule has 0 heterocycles. The van der Waals surface area contributed by atoms with Gasteiger partial charge in [-0.05, 0) is 29.8 Å². The monoisotopic (exact) mass is 337 g/mol. The fourth-order valence-electron chi connectivity index (χ4n) is 1.56. The van der Waals surface area contributed by atoms with Gasteiger partial charge in [0.25, 0.3) is 0 Å². The Hall–Kier alpha value is -2.01. The fraction of sp³-hybridized carbons (Fsp3) is 0. The predicted octanol–water partition coefficient (Wildman–Crippen LogP) is 4.38. The number of anilines is 1. The van der Waals surface area contributed by atoms with E-state index in [9.17, 15) is 13.6 Å². The minimum Gasteiger partial charge on any atom is -0.318 e. The third-order valence-corrected chi connectivity index (χ3v) is 3.25. The predicted molar refractivity (Wildman–Crippen MR) is 78.2 cm³/mol. The van der Waals surface area contributed by atoms with Crippen molar-refractivity contribution in [2.45, 2.75) is 0 Å². The summed E-state index contributed by atoms with van der Waals surface area (Å²) in [6.07, 6.45) is 2.77. The van der Waals surface area contributed by atoms with Gasteiger partial charge in [0.2, 0.25) is 5.91 Å². The standard InChI is InChI=1S/C15H10BrF2NO/c16-11-5-2-1-4-10(11)8-9-14(20)19-15-12(17)6-3-7-13(15)18/h1-9H,(H,19,20)/b9-8+. The summed E-state index contributed by atoms with van der Waals surface area (Å²) in [7, 11) is 0. The van der Waals surface area contributed by atoms with Crippen molar-refractivity contribution in [2.24, 2.45) is 0 Å². The summed E-state index contributed by atoms with van der Waals surface area (Å²) in [6.45, 7) is 0. The maximum Gasteiger partial charge on any atom is 0.248 e. The highest BCUT2D eigenvalue weighted by atomic mass is 79.9. The van der Waals surface area contributed by atoms with E-state index in [2.05, 4.69) is 21.2 Å². The van der Waals surface area contributed by atoms with Gasteiger partial charge in [0, 0.05) is 10.5 Å². The zero-order chi connectivity index (χ0) is 14.5. The summed E-state index contributed by atoms with van der Waals surface area (Å²) >= 11 is 3.33. The van der Waals surface area contributed by atoms with Crippen molar-refractivity contribution < 1.29 is 13.6 Å². The molecule has 0 saturated heterocycles. The Morgan fingerprint density at radius 1 is 1.05 bits per heavy atom. The van der Waals surface area contributed by atoms with Crippen LogP contribution in [0.4, 0.5) is 14.5 Å². The summed E-state index contributed by atoms with van der Waals surface area (Å²) in [4.78, 5) is 11.7. The molecule has 20 heavy (non-hydrogen) atoms. The van der Waals surface area contributed by atoms with Crippen LogP contribution in [0.25, 0.3) is 6.08 Å². The third kappa shape index (κ3) is 3.51. The molecule has 2 nitrogen and oxygen atoms in total. The van der Waals surface area contributed by atoms with Crippen LogP contribution >= 0.6 is 15.9 Å². The molecule has 102 valence electrons. The van der Waals surface area contributed by atoms with E-state index in [1.165, 1.54) is 12.1 Å². The Morgan fingerprint density at radius 3 is 2.35 bits per heavy atom. The zero-order valence-electron chi connectivity index (χ0n) is 10.2. The normalized spacial score (nSPS) is 10.8. The van der Waals surface area contributed by atoms with Gasteiger partial charge in [-0.15, -0.1) is 0 Å². The van der Waals surface area contributed by atoms with Gasteiger partial charge in [-0.3, -0.25) is 4.79 Å². The van der Waals surface area contributed by atoms with E-state index >= 15 is 0 Å². The van der Waals surface area contributed by atoms with E-state index in [4.69, 9.17) is 0 Å². The molecule has 2 aromatic carbocycles. The average Bonchev–Trinajstić information content (AvgIpc) is 2.42. The van der Waals surface area contributed by atoms with E-state index in [1.807, 2.05) is 18.2 Å². The molecule has 0 aliphatic rings. The van der Waals surface area contributed by atoms with E-state index in [0.717, 1.165) is 22.2 Å². The van der Waals surface area contributed by atoms with E-state index in [-0.39, 0.29) is 0 Å². The molecule has 0 unspecified atom stereocenters. The van der Waals surface area contributed by atoms with Gasteiger partial charge in [-0.25, -0.2) is 8.78 Å². The molecule has 0 aliphatic carbocycles. The van der Waals surface area contributed by atoms with Gasteiger partial charge in [0.15, 0.2) is 0 Å². The van der Waals surface area contributed by atoms with Gasteiger partial charge in [0.05, 0.1) is 0 Å². The van der Waals surface area contributed by atoms with Gasteiger partial charge < -0.3 is 5.32 Å². The van der Waals surface area contributed by atoms with Crippen LogP contribution in [0.3, 0.4) is 0 Å². The smallest absolute Gasteiger partial charge is 0.248 e. The highest BCUT2D eigenvalue weighted by molar-refractivity contribution is 9.10. The Balaban J connectivity index is 2.12. The molecule has 0 aliphatic heterocycles. The molecule has 1 N–H and O–H groups in total. The largest absolute Gasteiger partial charge is 0.318 e. The van der Waals surface area contributed by atoms with E-state index in [1.54, 1.807) is 12.1 Å². The lowest BCUT2D eigenvalue weighted by Crippen LogP contribution is -2.10. The first kappa shape index (κ1) is 14.4. The van der Waals surface area contributed by atoms with Crippen molar-refractivity contribution >= 4 is 33.6 Å². The molecule has 0 atom stereocenters. The Morgan fingerprint density at radius 2 is 1.70 bits per heavy atom.